The lowest BCUT2D eigenvalue weighted by molar-refractivity contribution is -0.161. The number of nitrogens with one attached hydrogen (secondary N) is 2. The molecule has 2 atom stereocenters. The number of nitriles is 1. The van der Waals surface area contributed by atoms with Crippen LogP contribution in [0.5, 0.6) is 0 Å². The quantitative estimate of drug-likeness (QED) is 0.438. The first kappa shape index (κ1) is 29.3. The number of hydrogen-bond donors (Lipinski definition) is 2. The molecule has 38 heavy (non-hydrogen) atoms. The van der Waals surface area contributed by atoms with E-state index in [-0.39, 0.29) is 18.9 Å². The number of halogens is 8. The molecule has 206 valence electrons. The fourth-order valence-electron chi connectivity index (χ4n) is 3.68. The van der Waals surface area contributed by atoms with Gasteiger partial charge in [-0.15, -0.1) is 0 Å². The van der Waals surface area contributed by atoms with Crippen LogP contribution in [0.3, 0.4) is 0 Å². The molecule has 0 aromatic heterocycles. The van der Waals surface area contributed by atoms with Gasteiger partial charge in [0.15, 0.2) is 9.84 Å². The Morgan fingerprint density at radius 2 is 1.68 bits per heavy atom. The number of amides is 1. The van der Waals surface area contributed by atoms with Crippen molar-refractivity contribution in [2.45, 2.75) is 48.6 Å². The predicted octanol–water partition coefficient (Wildman–Crippen LogP) is 4.33. The molecule has 2 aromatic carbocycles. The molecule has 0 heterocycles. The second kappa shape index (κ2) is 10.5. The van der Waals surface area contributed by atoms with E-state index in [1.807, 2.05) is 0 Å². The first-order valence-electron chi connectivity index (χ1n) is 10.8. The molecule has 1 aliphatic carbocycles. The van der Waals surface area contributed by atoms with E-state index >= 15 is 0 Å². The molecular formula is C23H19F8N3O3S. The van der Waals surface area contributed by atoms with Crippen molar-refractivity contribution in [1.82, 2.24) is 10.6 Å². The fourth-order valence-corrected chi connectivity index (χ4v) is 5.28. The minimum atomic E-state index is -5.32. The average molecular weight is 569 g/mol. The van der Waals surface area contributed by atoms with Crippen molar-refractivity contribution in [2.24, 2.45) is 0 Å². The standard InChI is InChI=1S/C23H19F8N3O3S/c24-14-5-6-15(17(25)9-14)19(23(29,30)31)33-18(20(35)34-21(12-32)7-8-21)11-38(36,37)10-13-3-1-2-4-16(13)22(26,27)28/h1-6,9,18-19,33H,7-8,10-11H2,(H,34,35)/t18-,19+/m0/s1. The molecule has 15 heteroatoms. The van der Waals surface area contributed by atoms with Crippen molar-refractivity contribution in [1.29, 1.82) is 5.26 Å². The Morgan fingerprint density at radius 1 is 1.05 bits per heavy atom. The molecule has 0 saturated heterocycles. The predicted molar refractivity (Wildman–Crippen MR) is 117 cm³/mol. The minimum Gasteiger partial charge on any atom is -0.336 e. The van der Waals surface area contributed by atoms with E-state index in [4.69, 9.17) is 0 Å². The Hall–Kier alpha value is -3.25. The molecule has 1 fully saturated rings. The third-order valence-corrected chi connectivity index (χ3v) is 7.32. The van der Waals surface area contributed by atoms with Gasteiger partial charge in [0.1, 0.15) is 29.3 Å². The number of benzene rings is 2. The van der Waals surface area contributed by atoms with E-state index in [1.54, 1.807) is 11.4 Å². The van der Waals surface area contributed by atoms with E-state index in [9.17, 15) is 53.6 Å². The minimum absolute atomic E-state index is 0.128. The molecule has 1 aliphatic rings. The number of sulfone groups is 1. The van der Waals surface area contributed by atoms with Gasteiger partial charge >= 0.3 is 12.4 Å². The maximum absolute atomic E-state index is 14.3. The zero-order chi connectivity index (χ0) is 28.5. The molecule has 1 amide bonds. The van der Waals surface area contributed by atoms with E-state index in [0.29, 0.717) is 18.2 Å². The van der Waals surface area contributed by atoms with Gasteiger partial charge < -0.3 is 5.32 Å². The third-order valence-electron chi connectivity index (χ3n) is 5.73. The highest BCUT2D eigenvalue weighted by atomic mass is 32.2. The van der Waals surface area contributed by atoms with Crippen LogP contribution in [0.15, 0.2) is 42.5 Å². The summed E-state index contributed by atoms with van der Waals surface area (Å²) in [7, 11) is -4.72. The van der Waals surface area contributed by atoms with Gasteiger partial charge in [-0.2, -0.15) is 31.6 Å². The molecule has 0 aliphatic heterocycles. The normalized spacial score (nSPS) is 16.8. The number of carbonyl (C=O) groups is 1. The van der Waals surface area contributed by atoms with Gasteiger partial charge in [-0.05, 0) is 30.5 Å². The summed E-state index contributed by atoms with van der Waals surface area (Å²) in [6, 6.07) is 1.21. The third kappa shape index (κ3) is 7.19. The topological polar surface area (TPSA) is 99.1 Å². The summed E-state index contributed by atoms with van der Waals surface area (Å²) in [6.45, 7) is 0. The van der Waals surface area contributed by atoms with Crippen molar-refractivity contribution < 1.29 is 48.3 Å². The summed E-state index contributed by atoms with van der Waals surface area (Å²) in [5, 5.41) is 13.1. The lowest BCUT2D eigenvalue weighted by Crippen LogP contribution is -2.54. The second-order valence-corrected chi connectivity index (χ2v) is 10.9. The van der Waals surface area contributed by atoms with Crippen LogP contribution in [-0.4, -0.2) is 37.8 Å². The Kier molecular flexibility index (Phi) is 8.09. The molecule has 6 nitrogen and oxygen atoms in total. The van der Waals surface area contributed by atoms with Gasteiger partial charge in [0.25, 0.3) is 0 Å². The number of carbonyl (C=O) groups excluding carboxylic acids is 1. The molecule has 0 unspecified atom stereocenters. The first-order valence-corrected chi connectivity index (χ1v) is 12.6. The molecule has 0 radical (unpaired) electrons. The van der Waals surface area contributed by atoms with E-state index in [0.717, 1.165) is 18.2 Å². The van der Waals surface area contributed by atoms with Gasteiger partial charge in [-0.3, -0.25) is 10.1 Å². The molecule has 1 saturated carbocycles. The van der Waals surface area contributed by atoms with Crippen LogP contribution in [0.25, 0.3) is 0 Å². The van der Waals surface area contributed by atoms with Crippen molar-refractivity contribution in [3.05, 3.63) is 70.8 Å². The number of hydrogen-bond acceptors (Lipinski definition) is 5. The van der Waals surface area contributed by atoms with E-state index in [1.165, 1.54) is 0 Å². The lowest BCUT2D eigenvalue weighted by Gasteiger charge is -2.28. The highest BCUT2D eigenvalue weighted by Crippen LogP contribution is 2.37. The van der Waals surface area contributed by atoms with Crippen molar-refractivity contribution in [3.8, 4) is 6.07 Å². The van der Waals surface area contributed by atoms with Crippen molar-refractivity contribution in [2.75, 3.05) is 5.75 Å². The van der Waals surface area contributed by atoms with Crippen LogP contribution in [-0.2, 0) is 26.6 Å². The van der Waals surface area contributed by atoms with Crippen LogP contribution >= 0.6 is 0 Å². The Balaban J connectivity index is 1.97. The summed E-state index contributed by atoms with van der Waals surface area (Å²) in [5.41, 5.74) is -4.59. The fraction of sp³-hybridized carbons (Fsp3) is 0.391. The summed E-state index contributed by atoms with van der Waals surface area (Å²) >= 11 is 0. The van der Waals surface area contributed by atoms with Crippen LogP contribution in [0.1, 0.15) is 35.6 Å². The zero-order valence-corrected chi connectivity index (χ0v) is 19.9. The number of rotatable bonds is 9. The molecule has 2 aromatic rings. The smallest absolute Gasteiger partial charge is 0.336 e. The summed E-state index contributed by atoms with van der Waals surface area (Å²) in [6.07, 6.45) is -10.0. The number of nitrogens with zero attached hydrogens (tertiary/aromatic N) is 1. The van der Waals surface area contributed by atoms with Crippen molar-refractivity contribution in [3.63, 3.8) is 0 Å². The van der Waals surface area contributed by atoms with E-state index < -0.39 is 85.6 Å². The molecule has 2 N–H and O–H groups in total. The average Bonchev–Trinajstić information content (AvgIpc) is 3.55. The van der Waals surface area contributed by atoms with Gasteiger partial charge in [0, 0.05) is 11.6 Å². The van der Waals surface area contributed by atoms with Crippen LogP contribution < -0.4 is 10.6 Å². The Labute approximate surface area is 211 Å². The van der Waals surface area contributed by atoms with Gasteiger partial charge in [-0.25, -0.2) is 17.2 Å². The van der Waals surface area contributed by atoms with Gasteiger partial charge in [0.2, 0.25) is 5.91 Å². The van der Waals surface area contributed by atoms with Crippen LogP contribution in [0.4, 0.5) is 35.1 Å². The molecule has 3 rings (SSSR count). The summed E-state index contributed by atoms with van der Waals surface area (Å²) < 4.78 is 135. The Bertz CT molecular complexity index is 1350. The zero-order valence-electron chi connectivity index (χ0n) is 19.1. The van der Waals surface area contributed by atoms with Gasteiger partial charge in [-0.1, -0.05) is 24.3 Å². The Morgan fingerprint density at radius 3 is 2.21 bits per heavy atom. The maximum atomic E-state index is 14.3. The lowest BCUT2D eigenvalue weighted by atomic mass is 10.0. The number of alkyl halides is 6. The van der Waals surface area contributed by atoms with Crippen LogP contribution in [0, 0.1) is 23.0 Å². The van der Waals surface area contributed by atoms with E-state index in [2.05, 4.69) is 5.32 Å². The second-order valence-electron chi connectivity index (χ2n) is 8.75. The molecule has 0 bridgehead atoms. The first-order chi connectivity index (χ1) is 17.5. The van der Waals surface area contributed by atoms with Crippen LogP contribution in [0.2, 0.25) is 0 Å². The largest absolute Gasteiger partial charge is 0.416 e. The summed E-state index contributed by atoms with van der Waals surface area (Å²) in [4.78, 5) is 12.9. The summed E-state index contributed by atoms with van der Waals surface area (Å²) in [5.74, 6) is -6.91. The van der Waals surface area contributed by atoms with Crippen molar-refractivity contribution >= 4 is 15.7 Å². The highest BCUT2D eigenvalue weighted by molar-refractivity contribution is 7.90. The monoisotopic (exact) mass is 569 g/mol. The SMILES string of the molecule is N#CC1(NC(=O)[C@H](CS(=O)(=O)Cc2ccccc2C(F)(F)F)N[C@H](c2ccc(F)cc2F)C(F)(F)F)CC1. The highest BCUT2D eigenvalue weighted by Gasteiger charge is 2.49. The molecule has 0 spiro atoms. The van der Waals surface area contributed by atoms with Gasteiger partial charge in [0.05, 0.1) is 23.1 Å². The maximum Gasteiger partial charge on any atom is 0.416 e. The molecular weight excluding hydrogens is 550 g/mol.